The van der Waals surface area contributed by atoms with Crippen molar-refractivity contribution in [3.05, 3.63) is 23.7 Å². The molecule has 1 heterocycles. The number of thioether (sulfide) groups is 1. The molecule has 0 aromatic carbocycles. The summed E-state index contributed by atoms with van der Waals surface area (Å²) in [5, 5.41) is 13.9. The summed E-state index contributed by atoms with van der Waals surface area (Å²) in [7, 11) is 4.04. The van der Waals surface area contributed by atoms with Crippen molar-refractivity contribution in [3.8, 4) is 18.5 Å². The van der Waals surface area contributed by atoms with E-state index in [2.05, 4.69) is 26.4 Å². The van der Waals surface area contributed by atoms with E-state index in [4.69, 9.17) is 16.1 Å². The summed E-state index contributed by atoms with van der Waals surface area (Å²) < 4.78 is 5.75. The van der Waals surface area contributed by atoms with E-state index in [1.165, 1.54) is 0 Å². The molecule has 0 aliphatic carbocycles. The quantitative estimate of drug-likeness (QED) is 0.179. The number of nitrogens with one attached hydrogen (secondary N) is 2. The van der Waals surface area contributed by atoms with Gasteiger partial charge >= 0.3 is 0 Å². The van der Waals surface area contributed by atoms with E-state index in [1.54, 1.807) is 11.8 Å². The molecule has 0 fully saturated rings. The van der Waals surface area contributed by atoms with E-state index in [9.17, 15) is 0 Å². The number of aliphatic imine (C=N–C) groups is 1. The molecule has 0 spiro atoms. The summed E-state index contributed by atoms with van der Waals surface area (Å²) in [6, 6.07) is 4.06. The first-order chi connectivity index (χ1) is 11.2. The number of terminal acetylenes is 1. The van der Waals surface area contributed by atoms with Crippen LogP contribution in [0.25, 0.3) is 0 Å². The Morgan fingerprint density at radius 1 is 1.43 bits per heavy atom. The van der Waals surface area contributed by atoms with E-state index in [0.29, 0.717) is 19.0 Å². The molecule has 124 valence electrons. The molecule has 0 saturated heterocycles. The normalized spacial score (nSPS) is 11.1. The Morgan fingerprint density at radius 3 is 2.91 bits per heavy atom. The van der Waals surface area contributed by atoms with Crippen molar-refractivity contribution in [3.63, 3.8) is 0 Å². The van der Waals surface area contributed by atoms with Gasteiger partial charge in [-0.1, -0.05) is 5.92 Å². The SMILES string of the molecule is C#CCNC(=NCCCSCc1ccc(CN(C)C)o1)NC#N. The highest BCUT2D eigenvalue weighted by Gasteiger charge is 2.03. The lowest BCUT2D eigenvalue weighted by atomic mass is 10.4. The van der Waals surface area contributed by atoms with Crippen molar-refractivity contribution in [1.82, 2.24) is 15.5 Å². The van der Waals surface area contributed by atoms with Gasteiger partial charge in [0, 0.05) is 6.54 Å². The molecule has 1 aromatic rings. The number of hydrogen-bond donors (Lipinski definition) is 2. The molecule has 0 radical (unpaired) electrons. The third-order valence-electron chi connectivity index (χ3n) is 2.68. The highest BCUT2D eigenvalue weighted by atomic mass is 32.2. The maximum atomic E-state index is 8.61. The molecule has 1 aromatic heterocycles. The zero-order valence-corrected chi connectivity index (χ0v) is 14.4. The van der Waals surface area contributed by atoms with Crippen LogP contribution in [0.3, 0.4) is 0 Å². The fourth-order valence-electron chi connectivity index (χ4n) is 1.75. The summed E-state index contributed by atoms with van der Waals surface area (Å²) in [6.45, 7) is 1.80. The molecule has 6 nitrogen and oxygen atoms in total. The topological polar surface area (TPSA) is 76.6 Å². The molecular formula is C16H23N5OS. The van der Waals surface area contributed by atoms with Crippen molar-refractivity contribution < 1.29 is 4.42 Å². The van der Waals surface area contributed by atoms with Crippen LogP contribution in [-0.2, 0) is 12.3 Å². The van der Waals surface area contributed by atoms with Crippen molar-refractivity contribution >= 4 is 17.7 Å². The van der Waals surface area contributed by atoms with Crippen LogP contribution in [-0.4, -0.2) is 43.8 Å². The van der Waals surface area contributed by atoms with Crippen LogP contribution in [0, 0.1) is 23.8 Å². The van der Waals surface area contributed by atoms with E-state index in [0.717, 1.165) is 36.0 Å². The van der Waals surface area contributed by atoms with Gasteiger partial charge in [-0.3, -0.25) is 10.3 Å². The number of nitrogens with zero attached hydrogens (tertiary/aromatic N) is 3. The smallest absolute Gasteiger partial charge is 0.205 e. The summed E-state index contributed by atoms with van der Waals surface area (Å²) in [5.74, 6) is 6.68. The molecule has 0 aliphatic heterocycles. The average Bonchev–Trinajstić information content (AvgIpc) is 2.94. The Morgan fingerprint density at radius 2 is 2.22 bits per heavy atom. The third kappa shape index (κ3) is 8.82. The Bertz CT molecular complexity index is 568. The molecule has 0 atom stereocenters. The van der Waals surface area contributed by atoms with Crippen LogP contribution in [0.4, 0.5) is 0 Å². The van der Waals surface area contributed by atoms with Crippen LogP contribution in [0.15, 0.2) is 21.5 Å². The standard InChI is InChI=1S/C16H23N5OS/c1-4-8-18-16(20-13-17)19-9-5-10-23-12-15-7-6-14(22-15)11-21(2)3/h1,6-7H,5,8-12H2,2-3H3,(H2,18,19,20). The lowest BCUT2D eigenvalue weighted by Gasteiger charge is -2.06. The monoisotopic (exact) mass is 333 g/mol. The number of hydrogen-bond acceptors (Lipinski definition) is 5. The van der Waals surface area contributed by atoms with Gasteiger partial charge in [-0.25, -0.2) is 0 Å². The predicted octanol–water partition coefficient (Wildman–Crippen LogP) is 1.61. The maximum Gasteiger partial charge on any atom is 0.205 e. The number of guanidine groups is 1. The number of furan rings is 1. The van der Waals surface area contributed by atoms with Gasteiger partial charge in [0.15, 0.2) is 6.19 Å². The third-order valence-corrected chi connectivity index (χ3v) is 3.75. The van der Waals surface area contributed by atoms with Gasteiger partial charge in [0.2, 0.25) is 5.96 Å². The van der Waals surface area contributed by atoms with Crippen molar-refractivity contribution in [2.45, 2.75) is 18.7 Å². The first-order valence-electron chi connectivity index (χ1n) is 7.32. The summed E-state index contributed by atoms with van der Waals surface area (Å²) in [6.07, 6.45) is 7.91. The Hall–Kier alpha value is -2.09. The zero-order chi connectivity index (χ0) is 16.9. The van der Waals surface area contributed by atoms with Crippen LogP contribution >= 0.6 is 11.8 Å². The number of rotatable bonds is 9. The minimum absolute atomic E-state index is 0.343. The van der Waals surface area contributed by atoms with Gasteiger partial charge in [0.1, 0.15) is 11.5 Å². The molecule has 0 saturated carbocycles. The molecular weight excluding hydrogens is 310 g/mol. The van der Waals surface area contributed by atoms with Crippen LogP contribution in [0.5, 0.6) is 0 Å². The molecule has 23 heavy (non-hydrogen) atoms. The molecule has 0 aliphatic rings. The Kier molecular flexibility index (Phi) is 9.46. The van der Waals surface area contributed by atoms with Gasteiger partial charge in [-0.2, -0.15) is 17.0 Å². The second-order valence-electron chi connectivity index (χ2n) is 5.04. The van der Waals surface area contributed by atoms with E-state index in [-0.39, 0.29) is 0 Å². The lowest BCUT2D eigenvalue weighted by Crippen LogP contribution is -2.34. The van der Waals surface area contributed by atoms with E-state index >= 15 is 0 Å². The molecule has 1 rings (SSSR count). The van der Waals surface area contributed by atoms with E-state index in [1.807, 2.05) is 32.4 Å². The van der Waals surface area contributed by atoms with Gasteiger partial charge in [0.05, 0.1) is 18.8 Å². The van der Waals surface area contributed by atoms with Gasteiger partial charge in [-0.15, -0.1) is 6.42 Å². The minimum atomic E-state index is 0.343. The molecule has 0 unspecified atom stereocenters. The first kappa shape index (κ1) is 19.0. The molecule has 0 bridgehead atoms. The second-order valence-corrected chi connectivity index (χ2v) is 6.14. The Balaban J connectivity index is 2.20. The van der Waals surface area contributed by atoms with Crippen molar-refractivity contribution in [2.24, 2.45) is 4.99 Å². The Labute approximate surface area is 142 Å². The van der Waals surface area contributed by atoms with Gasteiger partial charge < -0.3 is 14.6 Å². The maximum absolute atomic E-state index is 8.61. The summed E-state index contributed by atoms with van der Waals surface area (Å²) in [4.78, 5) is 6.34. The summed E-state index contributed by atoms with van der Waals surface area (Å²) in [5.41, 5.74) is 0. The van der Waals surface area contributed by atoms with Gasteiger partial charge in [-0.05, 0) is 38.4 Å². The lowest BCUT2D eigenvalue weighted by molar-refractivity contribution is 0.344. The predicted molar refractivity (Wildman–Crippen MR) is 94.8 cm³/mol. The molecule has 0 amide bonds. The van der Waals surface area contributed by atoms with Gasteiger partial charge in [0.25, 0.3) is 0 Å². The van der Waals surface area contributed by atoms with Crippen LogP contribution in [0.2, 0.25) is 0 Å². The number of nitriles is 1. The van der Waals surface area contributed by atoms with Crippen LogP contribution in [0.1, 0.15) is 17.9 Å². The first-order valence-corrected chi connectivity index (χ1v) is 8.48. The molecule has 7 heteroatoms. The highest BCUT2D eigenvalue weighted by Crippen LogP contribution is 2.16. The minimum Gasteiger partial charge on any atom is -0.464 e. The highest BCUT2D eigenvalue weighted by molar-refractivity contribution is 7.98. The van der Waals surface area contributed by atoms with Crippen molar-refractivity contribution in [1.29, 1.82) is 5.26 Å². The second kappa shape index (κ2) is 11.5. The van der Waals surface area contributed by atoms with Crippen molar-refractivity contribution in [2.75, 3.05) is 32.9 Å². The van der Waals surface area contributed by atoms with E-state index < -0.39 is 0 Å². The zero-order valence-electron chi connectivity index (χ0n) is 13.6. The van der Waals surface area contributed by atoms with Crippen LogP contribution < -0.4 is 10.6 Å². The largest absolute Gasteiger partial charge is 0.464 e. The summed E-state index contributed by atoms with van der Waals surface area (Å²) >= 11 is 1.81. The fourth-order valence-corrected chi connectivity index (χ4v) is 2.59. The molecule has 2 N–H and O–H groups in total. The average molecular weight is 333 g/mol. The fraction of sp³-hybridized carbons (Fsp3) is 0.500.